The fraction of sp³-hybridized carbons (Fsp3) is 0.522. The summed E-state index contributed by atoms with van der Waals surface area (Å²) in [6.45, 7) is 13.6. The van der Waals surface area contributed by atoms with Crippen LogP contribution in [0.2, 0.25) is 0 Å². The number of carbonyl (C=O) groups excluding carboxylic acids is 3. The van der Waals surface area contributed by atoms with Crippen molar-refractivity contribution < 1.29 is 24.3 Å². The van der Waals surface area contributed by atoms with Gasteiger partial charge in [0.1, 0.15) is 5.75 Å². The van der Waals surface area contributed by atoms with Crippen molar-refractivity contribution in [3.05, 3.63) is 34.4 Å². The third-order valence-corrected chi connectivity index (χ3v) is 4.98. The highest BCUT2D eigenvalue weighted by atomic mass is 16.7. The van der Waals surface area contributed by atoms with Crippen LogP contribution in [0.3, 0.4) is 0 Å². The first-order valence-electron chi connectivity index (χ1n) is 9.99. The number of likely N-dealkylation sites (tertiary alicyclic amines) is 1. The summed E-state index contributed by atoms with van der Waals surface area (Å²) in [6, 6.07) is 3.09. The molecule has 1 saturated heterocycles. The van der Waals surface area contributed by atoms with Gasteiger partial charge in [0.05, 0.1) is 7.05 Å². The summed E-state index contributed by atoms with van der Waals surface area (Å²) in [5.74, 6) is -0.779. The molecule has 0 aromatic heterocycles. The molecule has 3 amide bonds. The highest BCUT2D eigenvalue weighted by molar-refractivity contribution is 6.08. The minimum atomic E-state index is -0.685. The van der Waals surface area contributed by atoms with Crippen molar-refractivity contribution in [2.45, 2.75) is 65.7 Å². The van der Waals surface area contributed by atoms with Crippen molar-refractivity contribution in [1.82, 2.24) is 9.96 Å². The average Bonchev–Trinajstić information content (AvgIpc) is 2.93. The molecule has 0 radical (unpaired) electrons. The molecular weight excluding hydrogens is 384 g/mol. The number of urea groups is 1. The maximum absolute atomic E-state index is 12.8. The molecule has 30 heavy (non-hydrogen) atoms. The van der Waals surface area contributed by atoms with Crippen molar-refractivity contribution >= 4 is 24.0 Å². The lowest BCUT2D eigenvalue weighted by Gasteiger charge is -2.28. The summed E-state index contributed by atoms with van der Waals surface area (Å²) in [4.78, 5) is 42.1. The molecule has 2 rings (SSSR count). The highest BCUT2D eigenvalue weighted by Crippen LogP contribution is 2.40. The lowest BCUT2D eigenvalue weighted by Crippen LogP contribution is -2.42. The van der Waals surface area contributed by atoms with Crippen LogP contribution in [0.5, 0.6) is 5.75 Å². The Bertz CT molecular complexity index is 868. The second kappa shape index (κ2) is 8.13. The number of carbonyl (C=O) groups is 3. The molecule has 1 aromatic carbocycles. The number of phenols is 1. The van der Waals surface area contributed by atoms with E-state index in [1.807, 2.05) is 53.7 Å². The summed E-state index contributed by atoms with van der Waals surface area (Å²) in [7, 11) is 1.30. The van der Waals surface area contributed by atoms with Crippen LogP contribution in [-0.4, -0.2) is 46.6 Å². The number of hydroxylamine groups is 2. The fourth-order valence-electron chi connectivity index (χ4n) is 3.42. The third-order valence-electron chi connectivity index (χ3n) is 4.98. The number of rotatable bonds is 1. The van der Waals surface area contributed by atoms with E-state index in [4.69, 9.17) is 4.84 Å². The van der Waals surface area contributed by atoms with Crippen molar-refractivity contribution in [2.24, 2.45) is 0 Å². The topological polar surface area (TPSA) is 87.2 Å². The van der Waals surface area contributed by atoms with Gasteiger partial charge in [0.2, 0.25) is 0 Å². The number of nitrogens with zero attached hydrogens (tertiary/aromatic N) is 2. The molecular formula is C23H32N2O5. The quantitative estimate of drug-likeness (QED) is 0.549. The number of hydrogen-bond donors (Lipinski definition) is 1. The first-order valence-corrected chi connectivity index (χ1v) is 9.99. The summed E-state index contributed by atoms with van der Waals surface area (Å²) < 4.78 is 0. The van der Waals surface area contributed by atoms with Crippen LogP contribution in [0.25, 0.3) is 6.08 Å². The van der Waals surface area contributed by atoms with Gasteiger partial charge in [-0.25, -0.2) is 4.79 Å². The molecule has 0 aliphatic carbocycles. The van der Waals surface area contributed by atoms with Gasteiger partial charge in [-0.1, -0.05) is 41.5 Å². The van der Waals surface area contributed by atoms with Gasteiger partial charge in [0.15, 0.2) is 0 Å². The number of benzene rings is 1. The van der Waals surface area contributed by atoms with E-state index in [1.165, 1.54) is 14.0 Å². The lowest BCUT2D eigenvalue weighted by atomic mass is 9.78. The van der Waals surface area contributed by atoms with Gasteiger partial charge >= 0.3 is 12.0 Å². The van der Waals surface area contributed by atoms with Crippen LogP contribution in [-0.2, 0) is 25.3 Å². The number of phenolic OH excluding ortho intramolecular Hbond substituents is 1. The standard InChI is InChI=1S/C23H32N2O5/c1-14(26)30-24(8)21(29)25-10-9-16(20(25)28)11-15-12-17(22(2,3)4)19(27)18(13-15)23(5,6)7/h11-13,27H,9-10H2,1-8H3/b16-11-. The molecule has 0 unspecified atom stereocenters. The highest BCUT2D eigenvalue weighted by Gasteiger charge is 2.34. The molecule has 7 nitrogen and oxygen atoms in total. The average molecular weight is 417 g/mol. The number of amides is 3. The summed E-state index contributed by atoms with van der Waals surface area (Å²) in [6.07, 6.45) is 2.17. The van der Waals surface area contributed by atoms with Crippen molar-refractivity contribution in [3.63, 3.8) is 0 Å². The Hall–Kier alpha value is -2.83. The summed E-state index contributed by atoms with van der Waals surface area (Å²) in [5.41, 5.74) is 2.32. The number of hydrogen-bond acceptors (Lipinski definition) is 5. The van der Waals surface area contributed by atoms with E-state index in [1.54, 1.807) is 6.08 Å². The van der Waals surface area contributed by atoms with E-state index in [-0.39, 0.29) is 23.1 Å². The Labute approximate surface area is 178 Å². The fourth-order valence-corrected chi connectivity index (χ4v) is 3.42. The van der Waals surface area contributed by atoms with Gasteiger partial charge in [-0.2, -0.15) is 5.06 Å². The largest absolute Gasteiger partial charge is 0.507 e. The SMILES string of the molecule is CC(=O)ON(C)C(=O)N1CC/C(=C/c2cc(C(C)(C)C)c(O)c(C(C)(C)C)c2)C1=O. The Morgan fingerprint density at radius 2 is 1.60 bits per heavy atom. The van der Waals surface area contributed by atoms with Crippen LogP contribution >= 0.6 is 0 Å². The minimum absolute atomic E-state index is 0.214. The van der Waals surface area contributed by atoms with Crippen LogP contribution in [0.1, 0.15) is 71.6 Å². The first kappa shape index (κ1) is 23.4. The molecule has 1 aliphatic heterocycles. The van der Waals surface area contributed by atoms with Crippen LogP contribution in [0, 0.1) is 0 Å². The van der Waals surface area contributed by atoms with Crippen LogP contribution in [0.15, 0.2) is 17.7 Å². The lowest BCUT2D eigenvalue weighted by molar-refractivity contribution is -0.171. The minimum Gasteiger partial charge on any atom is -0.507 e. The molecule has 164 valence electrons. The van der Waals surface area contributed by atoms with Gasteiger partial charge in [-0.3, -0.25) is 14.5 Å². The Morgan fingerprint density at radius 1 is 1.10 bits per heavy atom. The normalized spacial score (nSPS) is 16.2. The first-order chi connectivity index (χ1) is 13.6. The molecule has 0 saturated carbocycles. The van der Waals surface area contributed by atoms with E-state index in [2.05, 4.69) is 0 Å². The van der Waals surface area contributed by atoms with Crippen LogP contribution in [0.4, 0.5) is 4.79 Å². The van der Waals surface area contributed by atoms with E-state index in [9.17, 15) is 19.5 Å². The second-order valence-electron chi connectivity index (χ2n) is 9.70. The van der Waals surface area contributed by atoms with E-state index < -0.39 is 17.9 Å². The van der Waals surface area contributed by atoms with E-state index in [0.717, 1.165) is 26.7 Å². The summed E-state index contributed by atoms with van der Waals surface area (Å²) >= 11 is 0. The van der Waals surface area contributed by atoms with Crippen molar-refractivity contribution in [1.29, 1.82) is 0 Å². The zero-order valence-electron chi connectivity index (χ0n) is 19.1. The number of aromatic hydroxyl groups is 1. The maximum atomic E-state index is 12.8. The molecule has 1 heterocycles. The predicted molar refractivity (Wildman–Crippen MR) is 115 cm³/mol. The van der Waals surface area contributed by atoms with E-state index >= 15 is 0 Å². The van der Waals surface area contributed by atoms with Crippen molar-refractivity contribution in [3.8, 4) is 5.75 Å². The molecule has 1 N–H and O–H groups in total. The maximum Gasteiger partial charge on any atom is 0.359 e. The van der Waals surface area contributed by atoms with Gasteiger partial charge in [0.25, 0.3) is 5.91 Å². The van der Waals surface area contributed by atoms with Crippen molar-refractivity contribution in [2.75, 3.05) is 13.6 Å². The zero-order valence-corrected chi connectivity index (χ0v) is 19.1. The number of imide groups is 1. The Kier molecular flexibility index (Phi) is 6.35. The molecule has 0 bridgehead atoms. The predicted octanol–water partition coefficient (Wildman–Crippen LogP) is 4.13. The third kappa shape index (κ3) is 5.01. The van der Waals surface area contributed by atoms with Crippen LogP contribution < -0.4 is 0 Å². The molecule has 1 fully saturated rings. The van der Waals surface area contributed by atoms with Gasteiger partial charge in [-0.05, 0) is 41.0 Å². The Balaban J connectivity index is 2.43. The monoisotopic (exact) mass is 416 g/mol. The van der Waals surface area contributed by atoms with Gasteiger partial charge in [0, 0.05) is 30.2 Å². The second-order valence-corrected chi connectivity index (χ2v) is 9.70. The van der Waals surface area contributed by atoms with Gasteiger partial charge in [-0.15, -0.1) is 0 Å². The molecule has 7 heteroatoms. The Morgan fingerprint density at radius 3 is 2.03 bits per heavy atom. The molecule has 1 aromatic rings. The molecule has 0 atom stereocenters. The summed E-state index contributed by atoms with van der Waals surface area (Å²) in [5, 5.41) is 11.6. The smallest absolute Gasteiger partial charge is 0.359 e. The molecule has 0 spiro atoms. The zero-order chi connectivity index (χ0) is 23.0. The van der Waals surface area contributed by atoms with E-state index in [0.29, 0.717) is 12.0 Å². The molecule has 1 aliphatic rings. The van der Waals surface area contributed by atoms with Gasteiger partial charge < -0.3 is 9.94 Å².